The number of carbonyl (C=O) groups excluding carboxylic acids is 1. The van der Waals surface area contributed by atoms with Gasteiger partial charge in [-0.1, -0.05) is 18.2 Å². The van der Waals surface area contributed by atoms with Crippen LogP contribution < -0.4 is 19.5 Å². The Morgan fingerprint density at radius 1 is 1.27 bits per heavy atom. The fourth-order valence-corrected chi connectivity index (χ4v) is 2.99. The first-order valence-corrected chi connectivity index (χ1v) is 9.68. The van der Waals surface area contributed by atoms with E-state index in [9.17, 15) is 10.1 Å². The normalized spacial score (nSPS) is 12.4. The number of allylic oxidation sites excluding steroid dienone is 1. The van der Waals surface area contributed by atoms with E-state index in [-0.39, 0.29) is 24.3 Å². The van der Waals surface area contributed by atoms with E-state index in [1.165, 1.54) is 0 Å². The molecule has 1 aliphatic rings. The molecule has 30 heavy (non-hydrogen) atoms. The second kappa shape index (κ2) is 9.66. The lowest BCUT2D eigenvalue weighted by Gasteiger charge is -2.12. The van der Waals surface area contributed by atoms with Gasteiger partial charge in [-0.3, -0.25) is 4.79 Å². The molecule has 0 aromatic heterocycles. The molecule has 0 radical (unpaired) electrons. The number of ether oxygens (including phenoxy) is 3. The zero-order valence-electron chi connectivity index (χ0n) is 17.1. The molecule has 0 bridgehead atoms. The number of hydrogen-bond donors (Lipinski definition) is 1. The van der Waals surface area contributed by atoms with Crippen LogP contribution in [0, 0.1) is 11.3 Å². The number of carbonyl (C=O) groups is 1. The van der Waals surface area contributed by atoms with Crippen molar-refractivity contribution >= 4 is 12.0 Å². The molecule has 1 heterocycles. The van der Waals surface area contributed by atoms with E-state index in [4.69, 9.17) is 14.2 Å². The third-order valence-electron chi connectivity index (χ3n) is 4.38. The minimum Gasteiger partial charge on any atom is -0.489 e. The van der Waals surface area contributed by atoms with Crippen LogP contribution in [0.15, 0.2) is 54.6 Å². The van der Waals surface area contributed by atoms with E-state index >= 15 is 0 Å². The molecule has 6 heteroatoms. The molecule has 0 spiro atoms. The minimum atomic E-state index is -0.388. The lowest BCUT2D eigenvalue weighted by molar-refractivity contribution is -0.117. The molecule has 0 saturated carbocycles. The van der Waals surface area contributed by atoms with E-state index in [1.807, 2.05) is 56.3 Å². The maximum absolute atomic E-state index is 12.1. The summed E-state index contributed by atoms with van der Waals surface area (Å²) in [5, 5.41) is 12.1. The molecule has 6 nitrogen and oxygen atoms in total. The van der Waals surface area contributed by atoms with Gasteiger partial charge in [-0.25, -0.2) is 0 Å². The minimum absolute atomic E-state index is 0.0440. The highest BCUT2D eigenvalue weighted by atomic mass is 16.7. The second-order valence-electron chi connectivity index (χ2n) is 7.13. The number of nitriles is 1. The van der Waals surface area contributed by atoms with E-state index < -0.39 is 0 Å². The molecule has 1 amide bonds. The first kappa shape index (κ1) is 21.0. The summed E-state index contributed by atoms with van der Waals surface area (Å²) in [4.78, 5) is 12.1. The van der Waals surface area contributed by atoms with Gasteiger partial charge in [-0.15, -0.1) is 6.58 Å². The SMILES string of the molecule is C=CCc1cc(/C=C(/C#N)C(=O)NC(C)C)ccc1OCc1ccc2c(c1)OCO2. The molecule has 0 fully saturated rings. The lowest BCUT2D eigenvalue weighted by atomic mass is 10.0. The molecule has 0 atom stereocenters. The van der Waals surface area contributed by atoms with Crippen LogP contribution in [-0.2, 0) is 17.8 Å². The summed E-state index contributed by atoms with van der Waals surface area (Å²) in [6, 6.07) is 13.2. The Balaban J connectivity index is 1.77. The summed E-state index contributed by atoms with van der Waals surface area (Å²) in [5.41, 5.74) is 2.69. The van der Waals surface area contributed by atoms with Crippen molar-refractivity contribution < 1.29 is 19.0 Å². The van der Waals surface area contributed by atoms with E-state index in [0.29, 0.717) is 18.8 Å². The van der Waals surface area contributed by atoms with E-state index in [1.54, 1.807) is 12.2 Å². The van der Waals surface area contributed by atoms with Crippen LogP contribution in [0.5, 0.6) is 17.2 Å². The summed E-state index contributed by atoms with van der Waals surface area (Å²) in [7, 11) is 0. The molecule has 0 aliphatic carbocycles. The molecule has 1 N–H and O–H groups in total. The fourth-order valence-electron chi connectivity index (χ4n) is 2.99. The van der Waals surface area contributed by atoms with Gasteiger partial charge in [0.2, 0.25) is 6.79 Å². The average molecular weight is 404 g/mol. The summed E-state index contributed by atoms with van der Waals surface area (Å²) in [6.07, 6.45) is 3.96. The van der Waals surface area contributed by atoms with Crippen LogP contribution in [0.25, 0.3) is 6.08 Å². The molecule has 154 valence electrons. The van der Waals surface area contributed by atoms with Gasteiger partial charge in [-0.05, 0) is 67.3 Å². The van der Waals surface area contributed by atoms with Crippen molar-refractivity contribution in [2.75, 3.05) is 6.79 Å². The van der Waals surface area contributed by atoms with Gasteiger partial charge in [0.05, 0.1) is 0 Å². The Kier molecular flexibility index (Phi) is 6.76. The van der Waals surface area contributed by atoms with Gasteiger partial charge in [-0.2, -0.15) is 5.26 Å². The smallest absolute Gasteiger partial charge is 0.262 e. The Morgan fingerprint density at radius 2 is 2.07 bits per heavy atom. The maximum atomic E-state index is 12.1. The van der Waals surface area contributed by atoms with Crippen molar-refractivity contribution in [1.82, 2.24) is 5.32 Å². The van der Waals surface area contributed by atoms with Gasteiger partial charge in [0, 0.05) is 6.04 Å². The van der Waals surface area contributed by atoms with Crippen LogP contribution in [0.1, 0.15) is 30.5 Å². The molecule has 3 rings (SSSR count). The van der Waals surface area contributed by atoms with Crippen molar-refractivity contribution in [3.05, 3.63) is 71.3 Å². The van der Waals surface area contributed by atoms with E-state index in [0.717, 1.165) is 28.2 Å². The topological polar surface area (TPSA) is 80.6 Å². The highest BCUT2D eigenvalue weighted by Gasteiger charge is 2.14. The summed E-state index contributed by atoms with van der Waals surface area (Å²) in [6.45, 7) is 8.11. The zero-order valence-corrected chi connectivity index (χ0v) is 17.1. The van der Waals surface area contributed by atoms with Crippen molar-refractivity contribution in [3.63, 3.8) is 0 Å². The predicted octanol–water partition coefficient (Wildman–Crippen LogP) is 4.15. The lowest BCUT2D eigenvalue weighted by Crippen LogP contribution is -2.30. The van der Waals surface area contributed by atoms with Crippen molar-refractivity contribution in [2.45, 2.75) is 32.9 Å². The number of nitrogens with zero attached hydrogens (tertiary/aromatic N) is 1. The molecule has 2 aromatic rings. The molecule has 2 aromatic carbocycles. The number of amides is 1. The Morgan fingerprint density at radius 3 is 2.80 bits per heavy atom. The third-order valence-corrected chi connectivity index (χ3v) is 4.38. The number of hydrogen-bond acceptors (Lipinski definition) is 5. The fraction of sp³-hybridized carbons (Fsp3) is 0.250. The third kappa shape index (κ3) is 5.21. The van der Waals surface area contributed by atoms with Crippen molar-refractivity contribution in [2.24, 2.45) is 0 Å². The standard InChI is InChI=1S/C24H24N2O4/c1-4-5-19-10-17(11-20(13-25)24(27)26-16(2)3)6-8-21(19)28-14-18-7-9-22-23(12-18)30-15-29-22/h4,6-12,16H,1,5,14-15H2,2-3H3,(H,26,27)/b20-11-. The quantitative estimate of drug-likeness (QED) is 0.406. The number of benzene rings is 2. The Hall–Kier alpha value is -3.72. The first-order valence-electron chi connectivity index (χ1n) is 9.68. The van der Waals surface area contributed by atoms with Crippen LogP contribution in [-0.4, -0.2) is 18.7 Å². The summed E-state index contributed by atoms with van der Waals surface area (Å²) < 4.78 is 16.7. The van der Waals surface area contributed by atoms with Crippen LogP contribution in [0.2, 0.25) is 0 Å². The summed E-state index contributed by atoms with van der Waals surface area (Å²) in [5.74, 6) is 1.78. The number of fused-ring (bicyclic) bond motifs is 1. The zero-order chi connectivity index (χ0) is 21.5. The highest BCUT2D eigenvalue weighted by molar-refractivity contribution is 6.01. The highest BCUT2D eigenvalue weighted by Crippen LogP contribution is 2.33. The largest absolute Gasteiger partial charge is 0.489 e. The van der Waals surface area contributed by atoms with Crippen molar-refractivity contribution in [3.8, 4) is 23.3 Å². The van der Waals surface area contributed by atoms with Gasteiger partial charge in [0.25, 0.3) is 5.91 Å². The first-order chi connectivity index (χ1) is 14.5. The van der Waals surface area contributed by atoms with Crippen LogP contribution >= 0.6 is 0 Å². The molecule has 1 aliphatic heterocycles. The van der Waals surface area contributed by atoms with Crippen LogP contribution in [0.4, 0.5) is 0 Å². The molecular formula is C24H24N2O4. The Bertz CT molecular complexity index is 1020. The Labute approximate surface area is 176 Å². The van der Waals surface area contributed by atoms with Gasteiger partial charge in [0.1, 0.15) is 24.0 Å². The molecular weight excluding hydrogens is 380 g/mol. The average Bonchev–Trinajstić information content (AvgIpc) is 3.19. The predicted molar refractivity (Wildman–Crippen MR) is 114 cm³/mol. The summed E-state index contributed by atoms with van der Waals surface area (Å²) >= 11 is 0. The van der Waals surface area contributed by atoms with Gasteiger partial charge >= 0.3 is 0 Å². The van der Waals surface area contributed by atoms with Gasteiger partial charge < -0.3 is 19.5 Å². The molecule has 0 unspecified atom stereocenters. The van der Waals surface area contributed by atoms with Crippen LogP contribution in [0.3, 0.4) is 0 Å². The van der Waals surface area contributed by atoms with Crippen molar-refractivity contribution in [1.29, 1.82) is 5.26 Å². The maximum Gasteiger partial charge on any atom is 0.262 e. The number of nitrogens with one attached hydrogen (secondary N) is 1. The monoisotopic (exact) mass is 404 g/mol. The number of rotatable bonds is 8. The van der Waals surface area contributed by atoms with E-state index in [2.05, 4.69) is 11.9 Å². The second-order valence-corrected chi connectivity index (χ2v) is 7.13. The van der Waals surface area contributed by atoms with Gasteiger partial charge in [0.15, 0.2) is 11.5 Å². The molecule has 0 saturated heterocycles.